The van der Waals surface area contributed by atoms with Gasteiger partial charge in [-0.2, -0.15) is 0 Å². The van der Waals surface area contributed by atoms with E-state index in [0.29, 0.717) is 17.0 Å². The third-order valence-electron chi connectivity index (χ3n) is 5.13. The van der Waals surface area contributed by atoms with Gasteiger partial charge >= 0.3 is 0 Å². The number of carbonyl (C=O) groups is 1. The molecule has 3 aromatic carbocycles. The predicted octanol–water partition coefficient (Wildman–Crippen LogP) is 5.51. The van der Waals surface area contributed by atoms with Crippen LogP contribution in [0.25, 0.3) is 28.1 Å². The zero-order valence-corrected chi connectivity index (χ0v) is 17.8. The maximum atomic E-state index is 13.1. The van der Waals surface area contributed by atoms with Gasteiger partial charge in [0.2, 0.25) is 6.79 Å². The molecule has 0 bridgehead atoms. The summed E-state index contributed by atoms with van der Waals surface area (Å²) in [6.07, 6.45) is 3.04. The van der Waals surface area contributed by atoms with Crippen molar-refractivity contribution >= 4 is 38.8 Å². The summed E-state index contributed by atoms with van der Waals surface area (Å²) in [7, 11) is 0. The fraction of sp³-hybridized carbons (Fsp3) is 0.0400. The van der Waals surface area contributed by atoms with Gasteiger partial charge in [-0.15, -0.1) is 0 Å². The lowest BCUT2D eigenvalue weighted by Gasteiger charge is -2.11. The molecule has 152 valence electrons. The second kappa shape index (κ2) is 7.89. The van der Waals surface area contributed by atoms with Crippen LogP contribution in [0.2, 0.25) is 0 Å². The van der Waals surface area contributed by atoms with Gasteiger partial charge in [-0.1, -0.05) is 64.5 Å². The van der Waals surface area contributed by atoms with Crippen LogP contribution in [0.15, 0.2) is 88.1 Å². The van der Waals surface area contributed by atoms with Crippen molar-refractivity contribution in [3.05, 3.63) is 99.3 Å². The van der Waals surface area contributed by atoms with E-state index in [0.717, 1.165) is 26.5 Å². The predicted molar refractivity (Wildman–Crippen MR) is 124 cm³/mol. The summed E-state index contributed by atoms with van der Waals surface area (Å²) < 4.78 is 12.7. The lowest BCUT2D eigenvalue weighted by Crippen LogP contribution is -2.25. The van der Waals surface area contributed by atoms with Crippen molar-refractivity contribution in [2.75, 3.05) is 6.79 Å². The normalized spacial score (nSPS) is 12.5. The molecule has 1 aliphatic heterocycles. The van der Waals surface area contributed by atoms with E-state index in [4.69, 9.17) is 9.47 Å². The largest absolute Gasteiger partial charge is 0.454 e. The van der Waals surface area contributed by atoms with Gasteiger partial charge < -0.3 is 9.47 Å². The Labute approximate surface area is 186 Å². The molecule has 0 saturated heterocycles. The molecule has 0 atom stereocenters. The average molecular weight is 474 g/mol. The van der Waals surface area contributed by atoms with E-state index in [9.17, 15) is 9.59 Å². The van der Waals surface area contributed by atoms with Crippen molar-refractivity contribution in [2.45, 2.75) is 0 Å². The first kappa shape index (κ1) is 19.3. The molecule has 5 nitrogen and oxygen atoms in total. The Hall–Kier alpha value is -3.64. The minimum atomic E-state index is -0.426. The van der Waals surface area contributed by atoms with Gasteiger partial charge in [-0.05, 0) is 41.0 Å². The van der Waals surface area contributed by atoms with Crippen molar-refractivity contribution in [3.8, 4) is 22.6 Å². The van der Waals surface area contributed by atoms with Gasteiger partial charge in [0.25, 0.3) is 11.5 Å². The first-order chi connectivity index (χ1) is 15.1. The second-order valence-electron chi connectivity index (χ2n) is 7.01. The summed E-state index contributed by atoms with van der Waals surface area (Å²) in [5.41, 5.74) is 2.66. The van der Waals surface area contributed by atoms with Gasteiger partial charge in [0.1, 0.15) is 0 Å². The van der Waals surface area contributed by atoms with Crippen LogP contribution in [-0.2, 0) is 0 Å². The van der Waals surface area contributed by atoms with Crippen LogP contribution in [0, 0.1) is 0 Å². The zero-order valence-electron chi connectivity index (χ0n) is 16.2. The van der Waals surface area contributed by atoms with Crippen LogP contribution in [0.1, 0.15) is 10.4 Å². The highest BCUT2D eigenvalue weighted by atomic mass is 79.9. The number of hydrogen-bond acceptors (Lipinski definition) is 4. The van der Waals surface area contributed by atoms with Crippen molar-refractivity contribution in [1.29, 1.82) is 0 Å². The van der Waals surface area contributed by atoms with Gasteiger partial charge in [-0.3, -0.25) is 9.59 Å². The smallest absolute Gasteiger partial charge is 0.258 e. The van der Waals surface area contributed by atoms with Crippen LogP contribution < -0.4 is 15.0 Å². The molecule has 31 heavy (non-hydrogen) atoms. The van der Waals surface area contributed by atoms with Crippen molar-refractivity contribution in [2.24, 2.45) is 0 Å². The van der Waals surface area contributed by atoms with Crippen molar-refractivity contribution in [3.63, 3.8) is 0 Å². The van der Waals surface area contributed by atoms with Crippen molar-refractivity contribution in [1.82, 2.24) is 4.57 Å². The molecule has 5 rings (SSSR count). The molecular formula is C25H16BrNO4. The zero-order chi connectivity index (χ0) is 21.4. The Morgan fingerprint density at radius 2 is 1.65 bits per heavy atom. The van der Waals surface area contributed by atoms with E-state index >= 15 is 0 Å². The summed E-state index contributed by atoms with van der Waals surface area (Å²) in [5, 5.41) is 0.833. The highest BCUT2D eigenvalue weighted by Crippen LogP contribution is 2.37. The van der Waals surface area contributed by atoms with Gasteiger partial charge in [0.05, 0.1) is 5.52 Å². The molecule has 0 saturated carbocycles. The number of aromatic nitrogens is 1. The lowest BCUT2D eigenvalue weighted by atomic mass is 10.0. The van der Waals surface area contributed by atoms with E-state index in [-0.39, 0.29) is 12.4 Å². The molecule has 0 spiro atoms. The maximum absolute atomic E-state index is 13.1. The van der Waals surface area contributed by atoms with E-state index < -0.39 is 5.91 Å². The lowest BCUT2D eigenvalue weighted by molar-refractivity contribution is 0.0971. The first-order valence-corrected chi connectivity index (χ1v) is 10.4. The fourth-order valence-corrected chi connectivity index (χ4v) is 4.12. The summed E-state index contributed by atoms with van der Waals surface area (Å²) in [4.78, 5) is 26.0. The molecule has 0 aliphatic carbocycles. The topological polar surface area (TPSA) is 57.5 Å². The highest BCUT2D eigenvalue weighted by Gasteiger charge is 2.16. The third kappa shape index (κ3) is 3.55. The third-order valence-corrected chi connectivity index (χ3v) is 5.81. The Balaban J connectivity index is 1.58. The monoisotopic (exact) mass is 473 g/mol. The molecule has 0 fully saturated rings. The fourth-order valence-electron chi connectivity index (χ4n) is 3.66. The van der Waals surface area contributed by atoms with Gasteiger partial charge in [0, 0.05) is 22.0 Å². The highest BCUT2D eigenvalue weighted by molar-refractivity contribution is 9.10. The summed E-state index contributed by atoms with van der Waals surface area (Å²) in [5.74, 6) is 0.838. The van der Waals surface area contributed by atoms with Crippen LogP contribution in [0.4, 0.5) is 0 Å². The van der Waals surface area contributed by atoms with Crippen molar-refractivity contribution < 1.29 is 14.3 Å². The molecule has 0 N–H and O–H groups in total. The number of fused-ring (bicyclic) bond motifs is 2. The number of rotatable bonds is 3. The summed E-state index contributed by atoms with van der Waals surface area (Å²) >= 11 is 3.48. The summed E-state index contributed by atoms with van der Waals surface area (Å²) in [6.45, 7) is 0.170. The average Bonchev–Trinajstić information content (AvgIpc) is 3.24. The second-order valence-corrected chi connectivity index (χ2v) is 7.87. The molecule has 4 aromatic rings. The quantitative estimate of drug-likeness (QED) is 0.368. The number of halogens is 1. The number of nitrogens with zero attached hydrogens (tertiary/aromatic N) is 1. The molecule has 0 amide bonds. The number of hydrogen-bond donors (Lipinski definition) is 0. The molecule has 1 aliphatic rings. The number of allylic oxidation sites excluding steroid dienone is 1. The van der Waals surface area contributed by atoms with Gasteiger partial charge in [-0.25, -0.2) is 4.57 Å². The first-order valence-electron chi connectivity index (χ1n) is 9.63. The van der Waals surface area contributed by atoms with Crippen LogP contribution in [0.5, 0.6) is 11.5 Å². The van der Waals surface area contributed by atoms with E-state index in [1.54, 1.807) is 24.3 Å². The van der Waals surface area contributed by atoms with E-state index in [1.807, 2.05) is 48.5 Å². The number of ether oxygens (including phenoxy) is 2. The SMILES string of the molecule is O=C(C=Cc1cc2c(cc1Br)OCO2)n1c(=O)cc(-c2ccccc2)c2ccccc21. The number of carbonyl (C=O) groups excluding carboxylic acids is 1. The number of pyridine rings is 1. The molecule has 1 aromatic heterocycles. The Bertz CT molecular complexity index is 1410. The minimum absolute atomic E-state index is 0.170. The molecular weight excluding hydrogens is 458 g/mol. The van der Waals surface area contributed by atoms with Crippen LogP contribution >= 0.6 is 15.9 Å². The Morgan fingerprint density at radius 3 is 2.45 bits per heavy atom. The van der Waals surface area contributed by atoms with Crippen LogP contribution in [0.3, 0.4) is 0 Å². The Morgan fingerprint density at radius 1 is 0.935 bits per heavy atom. The maximum Gasteiger partial charge on any atom is 0.258 e. The molecule has 6 heteroatoms. The Kier molecular flexibility index (Phi) is 4.92. The number of benzene rings is 3. The van der Waals surface area contributed by atoms with E-state index in [1.165, 1.54) is 16.7 Å². The summed E-state index contributed by atoms with van der Waals surface area (Å²) in [6, 6.07) is 22.2. The molecule has 0 unspecified atom stereocenters. The van der Waals surface area contributed by atoms with Crippen LogP contribution in [-0.4, -0.2) is 17.3 Å². The minimum Gasteiger partial charge on any atom is -0.454 e. The molecule has 0 radical (unpaired) electrons. The number of para-hydroxylation sites is 1. The molecule has 2 heterocycles. The standard InChI is InChI=1S/C25H16BrNO4/c26-20-14-23-22(30-15-31-23)12-17(20)10-11-24(28)27-21-9-5-4-8-18(21)19(13-25(27)29)16-6-2-1-3-7-16/h1-14H,15H2. The van der Waals surface area contributed by atoms with E-state index in [2.05, 4.69) is 15.9 Å². The van der Waals surface area contributed by atoms with Gasteiger partial charge in [0.15, 0.2) is 11.5 Å².